The van der Waals surface area contributed by atoms with Gasteiger partial charge in [0, 0.05) is 5.41 Å². The Morgan fingerprint density at radius 3 is 2.00 bits per heavy atom. The molecule has 0 radical (unpaired) electrons. The molecule has 1 unspecified atom stereocenters. The van der Waals surface area contributed by atoms with Crippen molar-refractivity contribution in [1.82, 2.24) is 5.32 Å². The smallest absolute Gasteiger partial charge is 0.326 e. The van der Waals surface area contributed by atoms with Gasteiger partial charge in [-0.3, -0.25) is 4.79 Å². The number of aliphatic carboxylic acids is 1. The van der Waals surface area contributed by atoms with Crippen LogP contribution in [-0.4, -0.2) is 40.8 Å². The number of nitrogens with one attached hydrogen (secondary N) is 1. The number of amides is 1. The monoisotopic (exact) mass is 539 g/mol. The average molecular weight is 540 g/mol. The second-order valence-electron chi connectivity index (χ2n) is 11.9. The van der Waals surface area contributed by atoms with Gasteiger partial charge in [-0.15, -0.1) is 0 Å². The molecular weight excluding hydrogens is 490 g/mol. The van der Waals surface area contributed by atoms with Crippen LogP contribution in [0, 0.1) is 19.3 Å². The number of aryl methyl sites for hydroxylation is 3. The van der Waals surface area contributed by atoms with Crippen LogP contribution in [-0.2, 0) is 21.4 Å². The summed E-state index contributed by atoms with van der Waals surface area (Å²) in [5.41, 5.74) is 5.62. The molecule has 0 aromatic heterocycles. The molecule has 0 bridgehead atoms. The van der Waals surface area contributed by atoms with Crippen molar-refractivity contribution in [2.45, 2.75) is 111 Å². The standard InChI is InChI=1S/C33H49NO5/c1-9-12-27(31(37)38)34-30(36)21-39-28-17-16-26(20-23(28)5)33(10-2,11-3)25-15-13-24(22(4)19-25)14-18-29(35)32(6,7)8/h13,15-17,19-20,27,29,35H,9-12,14,18,21H2,1-8H3,(H,34,36)(H,37,38)/t27?,29-/m1/s1. The number of aliphatic hydroxyl groups excluding tert-OH is 1. The van der Waals surface area contributed by atoms with Crippen LogP contribution >= 0.6 is 0 Å². The molecule has 2 rings (SSSR count). The Hall–Kier alpha value is -2.86. The van der Waals surface area contributed by atoms with Crippen LogP contribution in [0.15, 0.2) is 36.4 Å². The second-order valence-corrected chi connectivity index (χ2v) is 11.9. The first-order chi connectivity index (χ1) is 18.3. The zero-order chi connectivity index (χ0) is 29.4. The third-order valence-corrected chi connectivity index (χ3v) is 8.09. The fourth-order valence-corrected chi connectivity index (χ4v) is 5.27. The number of rotatable bonds is 14. The lowest BCUT2D eigenvalue weighted by molar-refractivity contribution is -0.142. The van der Waals surface area contributed by atoms with Gasteiger partial charge in [0.1, 0.15) is 11.8 Å². The van der Waals surface area contributed by atoms with Crippen LogP contribution in [0.2, 0.25) is 0 Å². The Morgan fingerprint density at radius 1 is 0.923 bits per heavy atom. The van der Waals surface area contributed by atoms with Crippen LogP contribution in [0.4, 0.5) is 0 Å². The molecule has 0 fully saturated rings. The molecular formula is C33H49NO5. The molecule has 0 saturated heterocycles. The van der Waals surface area contributed by atoms with Gasteiger partial charge in [-0.25, -0.2) is 4.79 Å². The highest BCUT2D eigenvalue weighted by Crippen LogP contribution is 2.41. The van der Waals surface area contributed by atoms with Gasteiger partial charge in [-0.2, -0.15) is 0 Å². The lowest BCUT2D eigenvalue weighted by Gasteiger charge is -2.34. The van der Waals surface area contributed by atoms with Crippen LogP contribution in [0.3, 0.4) is 0 Å². The molecule has 216 valence electrons. The highest BCUT2D eigenvalue weighted by molar-refractivity contribution is 5.84. The molecule has 6 nitrogen and oxygen atoms in total. The predicted octanol–water partition coefficient (Wildman–Crippen LogP) is 6.50. The van der Waals surface area contributed by atoms with Gasteiger partial charge in [-0.1, -0.05) is 78.3 Å². The summed E-state index contributed by atoms with van der Waals surface area (Å²) in [6, 6.07) is 12.0. The fraction of sp³-hybridized carbons (Fsp3) is 0.576. The molecule has 1 amide bonds. The minimum Gasteiger partial charge on any atom is -0.484 e. The summed E-state index contributed by atoms with van der Waals surface area (Å²) in [7, 11) is 0. The summed E-state index contributed by atoms with van der Waals surface area (Å²) in [6.07, 6.45) is 4.15. The van der Waals surface area contributed by atoms with Crippen molar-refractivity contribution in [3.63, 3.8) is 0 Å². The Morgan fingerprint density at radius 2 is 1.51 bits per heavy atom. The number of ether oxygens (including phenoxy) is 1. The molecule has 0 heterocycles. The van der Waals surface area contributed by atoms with E-state index in [2.05, 4.69) is 77.2 Å². The molecule has 2 atom stereocenters. The van der Waals surface area contributed by atoms with Gasteiger partial charge in [0.15, 0.2) is 6.61 Å². The SMILES string of the molecule is CCCC(NC(=O)COc1ccc(C(CC)(CC)c2ccc(CC[C@@H](O)C(C)(C)C)c(C)c2)cc1C)C(=O)O. The van der Waals surface area contributed by atoms with Crippen LogP contribution in [0.25, 0.3) is 0 Å². The Balaban J connectivity index is 2.22. The van der Waals surface area contributed by atoms with E-state index in [-0.39, 0.29) is 23.5 Å². The molecule has 0 aliphatic heterocycles. The first-order valence-electron chi connectivity index (χ1n) is 14.3. The topological polar surface area (TPSA) is 95.9 Å². The van der Waals surface area contributed by atoms with Crippen LogP contribution < -0.4 is 10.1 Å². The van der Waals surface area contributed by atoms with E-state index in [9.17, 15) is 19.8 Å². The Labute approximate surface area is 235 Å². The van der Waals surface area contributed by atoms with Gasteiger partial charge in [0.2, 0.25) is 0 Å². The lowest BCUT2D eigenvalue weighted by Crippen LogP contribution is -2.42. The maximum Gasteiger partial charge on any atom is 0.326 e. The maximum atomic E-state index is 12.3. The molecule has 0 saturated carbocycles. The van der Waals surface area contributed by atoms with Crippen LogP contribution in [0.5, 0.6) is 5.75 Å². The van der Waals surface area contributed by atoms with Gasteiger partial charge >= 0.3 is 5.97 Å². The summed E-state index contributed by atoms with van der Waals surface area (Å²) in [6.45, 7) is 16.4. The van der Waals surface area contributed by atoms with Gasteiger partial charge < -0.3 is 20.3 Å². The molecule has 2 aromatic rings. The highest BCUT2D eigenvalue weighted by Gasteiger charge is 2.32. The molecule has 2 aromatic carbocycles. The molecule has 0 aliphatic rings. The zero-order valence-corrected chi connectivity index (χ0v) is 25.2. The number of aliphatic hydroxyl groups is 1. The number of carbonyl (C=O) groups is 2. The van der Waals surface area contributed by atoms with Gasteiger partial charge in [0.25, 0.3) is 5.91 Å². The molecule has 6 heteroatoms. The zero-order valence-electron chi connectivity index (χ0n) is 25.2. The number of carbonyl (C=O) groups excluding carboxylic acids is 1. The number of hydrogen-bond donors (Lipinski definition) is 3. The van der Waals surface area contributed by atoms with Crippen molar-refractivity contribution in [2.75, 3.05) is 6.61 Å². The van der Waals surface area contributed by atoms with Crippen molar-refractivity contribution in [2.24, 2.45) is 5.41 Å². The normalized spacial score (nSPS) is 13.6. The average Bonchev–Trinajstić information content (AvgIpc) is 2.87. The van der Waals surface area contributed by atoms with E-state index in [0.717, 1.165) is 31.2 Å². The van der Waals surface area contributed by atoms with E-state index < -0.39 is 17.9 Å². The van der Waals surface area contributed by atoms with E-state index in [1.807, 2.05) is 19.9 Å². The van der Waals surface area contributed by atoms with Crippen molar-refractivity contribution < 1.29 is 24.5 Å². The predicted molar refractivity (Wildman–Crippen MR) is 157 cm³/mol. The summed E-state index contributed by atoms with van der Waals surface area (Å²) < 4.78 is 5.78. The Kier molecular flexibility index (Phi) is 11.6. The third-order valence-electron chi connectivity index (χ3n) is 8.09. The molecule has 0 aliphatic carbocycles. The minimum absolute atomic E-state index is 0.124. The van der Waals surface area contributed by atoms with E-state index >= 15 is 0 Å². The number of carboxylic acids is 1. The number of carboxylic acid groups (broad SMARTS) is 1. The third kappa shape index (κ3) is 8.31. The quantitative estimate of drug-likeness (QED) is 0.255. The van der Waals surface area contributed by atoms with Crippen molar-refractivity contribution >= 4 is 11.9 Å². The molecule has 3 N–H and O–H groups in total. The van der Waals surface area contributed by atoms with Crippen molar-refractivity contribution in [3.8, 4) is 5.75 Å². The van der Waals surface area contributed by atoms with E-state index in [1.54, 1.807) is 0 Å². The van der Waals surface area contributed by atoms with Gasteiger partial charge in [0.05, 0.1) is 6.10 Å². The summed E-state index contributed by atoms with van der Waals surface area (Å²) in [5, 5.41) is 22.3. The van der Waals surface area contributed by atoms with E-state index in [1.165, 1.54) is 22.3 Å². The first-order valence-corrected chi connectivity index (χ1v) is 14.3. The minimum atomic E-state index is -1.04. The highest BCUT2D eigenvalue weighted by atomic mass is 16.5. The fourth-order valence-electron chi connectivity index (χ4n) is 5.27. The largest absolute Gasteiger partial charge is 0.484 e. The summed E-state index contributed by atoms with van der Waals surface area (Å²) in [5.74, 6) is -0.866. The molecule has 39 heavy (non-hydrogen) atoms. The second kappa shape index (κ2) is 14.0. The van der Waals surface area contributed by atoms with Crippen molar-refractivity contribution in [1.29, 1.82) is 0 Å². The Bertz CT molecular complexity index is 1110. The lowest BCUT2D eigenvalue weighted by atomic mass is 9.69. The van der Waals surface area contributed by atoms with Crippen molar-refractivity contribution in [3.05, 3.63) is 64.2 Å². The van der Waals surface area contributed by atoms with Gasteiger partial charge in [-0.05, 0) is 85.3 Å². The van der Waals surface area contributed by atoms with E-state index in [4.69, 9.17) is 4.74 Å². The maximum absolute atomic E-state index is 12.3. The number of hydrogen-bond acceptors (Lipinski definition) is 4. The summed E-state index contributed by atoms with van der Waals surface area (Å²) >= 11 is 0. The van der Waals surface area contributed by atoms with E-state index in [0.29, 0.717) is 18.6 Å². The number of benzene rings is 2. The first kappa shape index (κ1) is 32.4. The molecule has 0 spiro atoms. The van der Waals surface area contributed by atoms with Crippen LogP contribution in [0.1, 0.15) is 101 Å². The summed E-state index contributed by atoms with van der Waals surface area (Å²) in [4.78, 5) is 23.6.